The molecule has 17 heavy (non-hydrogen) atoms. The first-order chi connectivity index (χ1) is 7.91. The topological polar surface area (TPSA) is 52.3 Å². The van der Waals surface area contributed by atoms with E-state index in [1.807, 2.05) is 13.8 Å². The summed E-state index contributed by atoms with van der Waals surface area (Å²) in [6.07, 6.45) is 1.32. The second-order valence-electron chi connectivity index (χ2n) is 3.77. The van der Waals surface area contributed by atoms with Gasteiger partial charge in [-0.1, -0.05) is 13.8 Å². The Morgan fingerprint density at radius 2 is 2.00 bits per heavy atom. The van der Waals surface area contributed by atoms with E-state index in [1.165, 1.54) is 12.1 Å². The number of halogens is 2. The monoisotopic (exact) mass is 323 g/mol. The van der Waals surface area contributed by atoms with Crippen molar-refractivity contribution in [1.82, 2.24) is 0 Å². The lowest BCUT2D eigenvalue weighted by Crippen LogP contribution is -2.05. The minimum Gasteiger partial charge on any atom is -0.484 e. The maximum absolute atomic E-state index is 13.1. The lowest BCUT2D eigenvalue weighted by molar-refractivity contribution is 0.377. The second-order valence-corrected chi connectivity index (χ2v) is 8.26. The van der Waals surface area contributed by atoms with Crippen molar-refractivity contribution in [3.05, 3.63) is 22.4 Å². The molecule has 0 saturated carbocycles. The largest absolute Gasteiger partial charge is 0.484 e. The molecule has 0 unspecified atom stereocenters. The Kier molecular flexibility index (Phi) is 5.02. The van der Waals surface area contributed by atoms with Gasteiger partial charge in [0.15, 0.2) is 0 Å². The minimum atomic E-state index is -2.28. The Morgan fingerprint density at radius 3 is 2.53 bits per heavy atom. The predicted molar refractivity (Wildman–Crippen MR) is 72.7 cm³/mol. The van der Waals surface area contributed by atoms with Crippen LogP contribution in [0.1, 0.15) is 13.8 Å². The molecule has 0 heterocycles. The van der Waals surface area contributed by atoms with E-state index in [1.54, 1.807) is 0 Å². The summed E-state index contributed by atoms with van der Waals surface area (Å²) in [5.74, 6) is -0.0792. The van der Waals surface area contributed by atoms with Crippen LogP contribution in [-0.2, 0) is 4.57 Å². The average Bonchev–Trinajstić information content (AvgIpc) is 2.32. The predicted octanol–water partition coefficient (Wildman–Crippen LogP) is 3.91. The maximum Gasteiger partial charge on any atom is 0.144 e. The summed E-state index contributed by atoms with van der Waals surface area (Å²) in [6, 6.07) is 2.64. The van der Waals surface area contributed by atoms with Gasteiger partial charge in [0.1, 0.15) is 25.1 Å². The van der Waals surface area contributed by atoms with Gasteiger partial charge in [0.2, 0.25) is 0 Å². The highest BCUT2D eigenvalue weighted by Gasteiger charge is 2.18. The molecule has 1 aromatic carbocycles. The van der Waals surface area contributed by atoms with Crippen LogP contribution >= 0.6 is 23.1 Å². The van der Waals surface area contributed by atoms with Crippen LogP contribution in [0, 0.1) is 5.82 Å². The highest BCUT2D eigenvalue weighted by molar-refractivity contribution is 9.10. The first-order valence-corrected chi connectivity index (χ1v) is 8.42. The third kappa shape index (κ3) is 3.71. The summed E-state index contributed by atoms with van der Waals surface area (Å²) in [7, 11) is -2.28. The zero-order valence-corrected chi connectivity index (χ0v) is 12.4. The van der Waals surface area contributed by atoms with E-state index in [4.69, 9.17) is 10.5 Å². The van der Waals surface area contributed by atoms with Crippen molar-refractivity contribution in [2.24, 2.45) is 0 Å². The van der Waals surface area contributed by atoms with Crippen LogP contribution in [0.5, 0.6) is 5.75 Å². The molecule has 2 N–H and O–H groups in total. The van der Waals surface area contributed by atoms with Crippen LogP contribution in [-0.4, -0.2) is 18.7 Å². The van der Waals surface area contributed by atoms with Crippen LogP contribution in [0.4, 0.5) is 10.1 Å². The number of nitrogens with two attached hydrogens (primary N) is 1. The van der Waals surface area contributed by atoms with Crippen LogP contribution in [0.15, 0.2) is 16.6 Å². The van der Waals surface area contributed by atoms with Crippen molar-refractivity contribution in [2.75, 3.05) is 24.4 Å². The van der Waals surface area contributed by atoms with Crippen molar-refractivity contribution >= 4 is 28.8 Å². The lowest BCUT2D eigenvalue weighted by Gasteiger charge is -2.16. The molecule has 0 bridgehead atoms. The summed E-state index contributed by atoms with van der Waals surface area (Å²) in [6.45, 7) is 3.75. The molecule has 0 aliphatic heterocycles. The molecule has 3 nitrogen and oxygen atoms in total. The van der Waals surface area contributed by atoms with E-state index >= 15 is 0 Å². The normalized spacial score (nSPS) is 11.5. The summed E-state index contributed by atoms with van der Waals surface area (Å²) in [4.78, 5) is 0. The summed E-state index contributed by atoms with van der Waals surface area (Å²) < 4.78 is 31.0. The van der Waals surface area contributed by atoms with Crippen LogP contribution in [0.2, 0.25) is 0 Å². The molecule has 6 heteroatoms. The van der Waals surface area contributed by atoms with Gasteiger partial charge in [-0.3, -0.25) is 0 Å². The number of ether oxygens (including phenoxy) is 1. The van der Waals surface area contributed by atoms with E-state index in [0.29, 0.717) is 18.1 Å². The Labute approximate surface area is 109 Å². The molecule has 0 fully saturated rings. The van der Waals surface area contributed by atoms with Crippen LogP contribution < -0.4 is 10.5 Å². The van der Waals surface area contributed by atoms with Crippen molar-refractivity contribution in [3.63, 3.8) is 0 Å². The molecule has 96 valence electrons. The zero-order chi connectivity index (χ0) is 13.1. The molecule has 0 aliphatic rings. The first kappa shape index (κ1) is 14.5. The zero-order valence-electron chi connectivity index (χ0n) is 9.87. The maximum atomic E-state index is 13.1. The lowest BCUT2D eigenvalue weighted by atomic mass is 10.3. The minimum absolute atomic E-state index is 0.141. The van der Waals surface area contributed by atoms with Gasteiger partial charge in [0, 0.05) is 18.4 Å². The molecule has 0 radical (unpaired) electrons. The number of benzene rings is 1. The number of hydrogen-bond donors (Lipinski definition) is 1. The fourth-order valence-electron chi connectivity index (χ4n) is 1.26. The molecule has 1 aromatic rings. The van der Waals surface area contributed by atoms with E-state index < -0.39 is 13.0 Å². The van der Waals surface area contributed by atoms with Crippen molar-refractivity contribution < 1.29 is 13.7 Å². The van der Waals surface area contributed by atoms with Gasteiger partial charge in [0.05, 0.1) is 10.2 Å². The third-order valence-corrected chi connectivity index (χ3v) is 6.17. The van der Waals surface area contributed by atoms with Gasteiger partial charge in [-0.25, -0.2) is 4.39 Å². The molecule has 0 aliphatic carbocycles. The quantitative estimate of drug-likeness (QED) is 0.660. The molecule has 0 spiro atoms. The van der Waals surface area contributed by atoms with E-state index in [0.717, 1.165) is 0 Å². The highest BCUT2D eigenvalue weighted by Crippen LogP contribution is 2.45. The van der Waals surface area contributed by atoms with Gasteiger partial charge in [0.25, 0.3) is 0 Å². The van der Waals surface area contributed by atoms with Crippen LogP contribution in [0.3, 0.4) is 0 Å². The smallest absolute Gasteiger partial charge is 0.144 e. The standard InChI is InChI=1S/C11H16BrFNO2P/c1-3-17(15,4-2)7-16-11-5-8(12)9(13)6-10(11)14/h5-6H,3-4,7,14H2,1-2H3. The molecular formula is C11H16BrFNO2P. The van der Waals surface area contributed by atoms with E-state index in [2.05, 4.69) is 15.9 Å². The summed E-state index contributed by atoms with van der Waals surface area (Å²) >= 11 is 3.06. The fourth-order valence-corrected chi connectivity index (χ4v) is 2.77. The molecular weight excluding hydrogens is 308 g/mol. The first-order valence-electron chi connectivity index (χ1n) is 5.36. The number of anilines is 1. The van der Waals surface area contributed by atoms with Crippen molar-refractivity contribution in [2.45, 2.75) is 13.8 Å². The Hall–Kier alpha value is -0.540. The molecule has 0 atom stereocenters. The number of nitrogen functional groups attached to an aromatic ring is 1. The Bertz CT molecular complexity index is 445. The second kappa shape index (κ2) is 5.87. The van der Waals surface area contributed by atoms with E-state index in [-0.39, 0.29) is 16.5 Å². The van der Waals surface area contributed by atoms with Crippen molar-refractivity contribution in [1.29, 1.82) is 0 Å². The van der Waals surface area contributed by atoms with Crippen LogP contribution in [0.25, 0.3) is 0 Å². The molecule has 0 aromatic heterocycles. The molecule has 1 rings (SSSR count). The summed E-state index contributed by atoms with van der Waals surface area (Å²) in [5.41, 5.74) is 5.84. The summed E-state index contributed by atoms with van der Waals surface area (Å²) in [5, 5.41) is 0. The Morgan fingerprint density at radius 1 is 1.41 bits per heavy atom. The average molecular weight is 324 g/mol. The van der Waals surface area contributed by atoms with Gasteiger partial charge in [-0.2, -0.15) is 0 Å². The SMILES string of the molecule is CCP(=O)(CC)COc1cc(Br)c(F)cc1N. The molecule has 0 amide bonds. The Balaban J connectivity index is 2.83. The molecule has 0 saturated heterocycles. The van der Waals surface area contributed by atoms with Gasteiger partial charge >= 0.3 is 0 Å². The fraction of sp³-hybridized carbons (Fsp3) is 0.455. The third-order valence-electron chi connectivity index (χ3n) is 2.66. The van der Waals surface area contributed by atoms with Gasteiger partial charge < -0.3 is 15.0 Å². The highest BCUT2D eigenvalue weighted by atomic mass is 79.9. The van der Waals surface area contributed by atoms with Gasteiger partial charge in [-0.15, -0.1) is 0 Å². The van der Waals surface area contributed by atoms with E-state index in [9.17, 15) is 8.96 Å². The van der Waals surface area contributed by atoms with Gasteiger partial charge in [-0.05, 0) is 22.0 Å². The number of hydrogen-bond acceptors (Lipinski definition) is 3. The van der Waals surface area contributed by atoms with Crippen molar-refractivity contribution in [3.8, 4) is 5.75 Å². The number of rotatable bonds is 5.